The predicted octanol–water partition coefficient (Wildman–Crippen LogP) is 4.39. The molecule has 0 bridgehead atoms. The van der Waals surface area contributed by atoms with Gasteiger partial charge in [0.2, 0.25) is 0 Å². The molecule has 0 spiro atoms. The highest BCUT2D eigenvalue weighted by Crippen LogP contribution is 2.18. The van der Waals surface area contributed by atoms with Crippen LogP contribution < -0.4 is 5.32 Å². The number of hydrogen-bond acceptors (Lipinski definition) is 2. The fraction of sp³-hybridized carbons (Fsp3) is 0.615. The lowest BCUT2D eigenvalue weighted by atomic mass is 10.0. The highest BCUT2D eigenvalue weighted by atomic mass is 79.9. The Morgan fingerprint density at radius 2 is 2.00 bits per heavy atom. The first kappa shape index (κ1) is 13.5. The number of rotatable bonds is 5. The number of aryl methyl sites for hydroxylation is 1. The first-order valence-corrected chi connectivity index (χ1v) is 6.67. The lowest BCUT2D eigenvalue weighted by molar-refractivity contribution is 0.527. The van der Waals surface area contributed by atoms with Crippen LogP contribution in [0.2, 0.25) is 0 Å². The van der Waals surface area contributed by atoms with Crippen molar-refractivity contribution in [2.45, 2.75) is 46.6 Å². The summed E-state index contributed by atoms with van der Waals surface area (Å²) in [5.74, 6) is 1.74. The van der Waals surface area contributed by atoms with E-state index in [2.05, 4.69) is 60.0 Å². The molecule has 1 unspecified atom stereocenters. The topological polar surface area (TPSA) is 24.9 Å². The number of halogens is 1. The van der Waals surface area contributed by atoms with Crippen LogP contribution in [0.15, 0.2) is 16.7 Å². The van der Waals surface area contributed by atoms with Gasteiger partial charge in [0, 0.05) is 16.7 Å². The molecule has 0 fully saturated rings. The number of nitrogens with zero attached hydrogens (tertiary/aromatic N) is 1. The zero-order chi connectivity index (χ0) is 12.1. The van der Waals surface area contributed by atoms with Crippen LogP contribution in [0.3, 0.4) is 0 Å². The molecular formula is C13H21BrN2. The maximum Gasteiger partial charge on any atom is 0.126 e. The molecule has 1 N–H and O–H groups in total. The van der Waals surface area contributed by atoms with Crippen molar-refractivity contribution in [3.63, 3.8) is 0 Å². The third kappa shape index (κ3) is 4.52. The molecule has 0 aliphatic rings. The van der Waals surface area contributed by atoms with Gasteiger partial charge >= 0.3 is 0 Å². The van der Waals surface area contributed by atoms with Crippen LogP contribution >= 0.6 is 15.9 Å². The van der Waals surface area contributed by atoms with Gasteiger partial charge in [-0.3, -0.25) is 0 Å². The van der Waals surface area contributed by atoms with E-state index in [9.17, 15) is 0 Å². The summed E-state index contributed by atoms with van der Waals surface area (Å²) in [5.41, 5.74) is 1.22. The van der Waals surface area contributed by atoms with E-state index >= 15 is 0 Å². The van der Waals surface area contributed by atoms with Crippen LogP contribution in [-0.4, -0.2) is 11.0 Å². The van der Waals surface area contributed by atoms with Crippen molar-refractivity contribution >= 4 is 21.7 Å². The Labute approximate surface area is 107 Å². The summed E-state index contributed by atoms with van der Waals surface area (Å²) in [6.07, 6.45) is 4.30. The smallest absolute Gasteiger partial charge is 0.126 e. The van der Waals surface area contributed by atoms with E-state index in [-0.39, 0.29) is 0 Å². The lowest BCUT2D eigenvalue weighted by Crippen LogP contribution is -2.16. The van der Waals surface area contributed by atoms with Gasteiger partial charge < -0.3 is 5.32 Å². The Kier molecular flexibility index (Phi) is 5.26. The van der Waals surface area contributed by atoms with Gasteiger partial charge in [-0.25, -0.2) is 4.98 Å². The maximum atomic E-state index is 4.35. The van der Waals surface area contributed by atoms with Crippen LogP contribution in [0.5, 0.6) is 0 Å². The van der Waals surface area contributed by atoms with Gasteiger partial charge in [0.25, 0.3) is 0 Å². The van der Waals surface area contributed by atoms with Crippen LogP contribution in [0.1, 0.15) is 39.2 Å². The third-order valence-electron chi connectivity index (χ3n) is 2.62. The number of anilines is 1. The summed E-state index contributed by atoms with van der Waals surface area (Å²) < 4.78 is 1.06. The van der Waals surface area contributed by atoms with Gasteiger partial charge in [0.15, 0.2) is 0 Å². The van der Waals surface area contributed by atoms with E-state index in [4.69, 9.17) is 0 Å². The normalized spacial score (nSPS) is 12.9. The molecule has 0 aliphatic carbocycles. The second-order valence-corrected chi connectivity index (χ2v) is 5.69. The maximum absolute atomic E-state index is 4.35. The van der Waals surface area contributed by atoms with Gasteiger partial charge in [0.05, 0.1) is 0 Å². The van der Waals surface area contributed by atoms with Gasteiger partial charge in [0.1, 0.15) is 5.82 Å². The summed E-state index contributed by atoms with van der Waals surface area (Å²) in [4.78, 5) is 4.35. The summed E-state index contributed by atoms with van der Waals surface area (Å²) >= 11 is 3.46. The molecule has 0 saturated carbocycles. The number of aromatic nitrogens is 1. The number of pyridine rings is 1. The van der Waals surface area contributed by atoms with E-state index in [0.717, 1.165) is 16.2 Å². The molecular weight excluding hydrogens is 264 g/mol. The molecule has 0 saturated heterocycles. The summed E-state index contributed by atoms with van der Waals surface area (Å²) in [5, 5.41) is 3.43. The Balaban J connectivity index is 2.49. The Morgan fingerprint density at radius 3 is 2.56 bits per heavy atom. The second-order valence-electron chi connectivity index (χ2n) is 4.84. The molecule has 2 nitrogen and oxygen atoms in total. The molecule has 1 aromatic heterocycles. The molecule has 0 radical (unpaired) electrons. The molecule has 1 heterocycles. The average molecular weight is 285 g/mol. The quantitative estimate of drug-likeness (QED) is 0.868. The Bertz CT molecular complexity index is 337. The Hall–Kier alpha value is -0.570. The molecule has 1 atom stereocenters. The molecule has 16 heavy (non-hydrogen) atoms. The summed E-state index contributed by atoms with van der Waals surface area (Å²) in [6.45, 7) is 8.81. The highest BCUT2D eigenvalue weighted by molar-refractivity contribution is 9.10. The van der Waals surface area contributed by atoms with Gasteiger partial charge in [-0.05, 0) is 60.2 Å². The van der Waals surface area contributed by atoms with Crippen molar-refractivity contribution in [1.29, 1.82) is 0 Å². The minimum Gasteiger partial charge on any atom is -0.368 e. The van der Waals surface area contributed by atoms with Gasteiger partial charge in [-0.1, -0.05) is 13.8 Å². The van der Waals surface area contributed by atoms with Gasteiger partial charge in [-0.2, -0.15) is 0 Å². The van der Waals surface area contributed by atoms with E-state index in [0.29, 0.717) is 6.04 Å². The van der Waals surface area contributed by atoms with Crippen molar-refractivity contribution in [2.24, 2.45) is 5.92 Å². The van der Waals surface area contributed by atoms with Crippen molar-refractivity contribution in [1.82, 2.24) is 4.98 Å². The zero-order valence-corrected chi connectivity index (χ0v) is 12.1. The average Bonchev–Trinajstić information content (AvgIpc) is 2.21. The lowest BCUT2D eigenvalue weighted by Gasteiger charge is -2.16. The SMILES string of the molecule is Cc1cc(NC(C)CCC(C)C)ncc1Br. The summed E-state index contributed by atoms with van der Waals surface area (Å²) in [6, 6.07) is 2.56. The number of hydrogen-bond donors (Lipinski definition) is 1. The standard InChI is InChI=1S/C13H21BrN2/c1-9(2)5-6-11(4)16-13-7-10(3)12(14)8-15-13/h7-9,11H,5-6H2,1-4H3,(H,15,16). The van der Waals surface area contributed by atoms with Crippen LogP contribution in [0, 0.1) is 12.8 Å². The molecule has 90 valence electrons. The fourth-order valence-corrected chi connectivity index (χ4v) is 1.74. The monoisotopic (exact) mass is 284 g/mol. The molecule has 0 aromatic carbocycles. The third-order valence-corrected chi connectivity index (χ3v) is 3.45. The first-order valence-electron chi connectivity index (χ1n) is 5.87. The minimum atomic E-state index is 0.482. The first-order chi connectivity index (χ1) is 7.49. The fourth-order valence-electron chi connectivity index (χ4n) is 1.53. The van der Waals surface area contributed by atoms with Crippen LogP contribution in [0.25, 0.3) is 0 Å². The van der Waals surface area contributed by atoms with Crippen LogP contribution in [0.4, 0.5) is 5.82 Å². The van der Waals surface area contributed by atoms with E-state index < -0.39 is 0 Å². The Morgan fingerprint density at radius 1 is 1.31 bits per heavy atom. The zero-order valence-electron chi connectivity index (χ0n) is 10.5. The van der Waals surface area contributed by atoms with Crippen molar-refractivity contribution in [3.8, 4) is 0 Å². The molecule has 0 aliphatic heterocycles. The molecule has 0 amide bonds. The molecule has 1 aromatic rings. The number of nitrogens with one attached hydrogen (secondary N) is 1. The van der Waals surface area contributed by atoms with Crippen LogP contribution in [-0.2, 0) is 0 Å². The molecule has 3 heteroatoms. The van der Waals surface area contributed by atoms with Crippen molar-refractivity contribution in [3.05, 3.63) is 22.3 Å². The summed E-state index contributed by atoms with van der Waals surface area (Å²) in [7, 11) is 0. The van der Waals surface area contributed by atoms with E-state index in [1.54, 1.807) is 0 Å². The second kappa shape index (κ2) is 6.24. The minimum absolute atomic E-state index is 0.482. The largest absolute Gasteiger partial charge is 0.368 e. The van der Waals surface area contributed by atoms with E-state index in [1.165, 1.54) is 18.4 Å². The van der Waals surface area contributed by atoms with Crippen molar-refractivity contribution in [2.75, 3.05) is 5.32 Å². The van der Waals surface area contributed by atoms with Crippen molar-refractivity contribution < 1.29 is 0 Å². The van der Waals surface area contributed by atoms with E-state index in [1.807, 2.05) is 6.20 Å². The van der Waals surface area contributed by atoms with Gasteiger partial charge in [-0.15, -0.1) is 0 Å². The predicted molar refractivity (Wildman–Crippen MR) is 73.8 cm³/mol. The highest BCUT2D eigenvalue weighted by Gasteiger charge is 2.05. The molecule has 1 rings (SSSR count).